The van der Waals surface area contributed by atoms with E-state index in [1.807, 2.05) is 17.5 Å². The number of hydrogen-bond acceptors (Lipinski definition) is 11. The van der Waals surface area contributed by atoms with Crippen LogP contribution in [0.3, 0.4) is 0 Å². The first-order valence-electron chi connectivity index (χ1n) is 9.35. The number of nitrogens with zero attached hydrogens (tertiary/aromatic N) is 3. The minimum Gasteiger partial charge on any atom is -0.493 e. The number of nitrogens with two attached hydrogens (primary N) is 1. The number of aromatic nitrogens is 3. The molecule has 168 valence electrons. The van der Waals surface area contributed by atoms with Gasteiger partial charge >= 0.3 is 5.97 Å². The van der Waals surface area contributed by atoms with Crippen LogP contribution in [0.2, 0.25) is 0 Å². The first-order chi connectivity index (χ1) is 15.4. The lowest BCUT2D eigenvalue weighted by Gasteiger charge is -2.08. The van der Waals surface area contributed by atoms with Crippen LogP contribution >= 0.6 is 23.1 Å². The molecule has 0 saturated heterocycles. The summed E-state index contributed by atoms with van der Waals surface area (Å²) in [6, 6.07) is 5.47. The third kappa shape index (κ3) is 5.65. The van der Waals surface area contributed by atoms with Crippen molar-refractivity contribution in [2.24, 2.45) is 0 Å². The van der Waals surface area contributed by atoms with Gasteiger partial charge in [-0.15, -0.1) is 11.3 Å². The van der Waals surface area contributed by atoms with Crippen LogP contribution < -0.4 is 20.5 Å². The van der Waals surface area contributed by atoms with Crippen LogP contribution in [-0.2, 0) is 9.53 Å². The van der Waals surface area contributed by atoms with Gasteiger partial charge in [-0.1, -0.05) is 11.8 Å². The van der Waals surface area contributed by atoms with Gasteiger partial charge in [0, 0.05) is 17.1 Å². The number of hydrogen-bond donors (Lipinski definition) is 2. The van der Waals surface area contributed by atoms with Gasteiger partial charge in [0.1, 0.15) is 11.4 Å². The molecule has 0 radical (unpaired) electrons. The second-order valence-electron chi connectivity index (χ2n) is 6.12. The molecular weight excluding hydrogens is 454 g/mol. The van der Waals surface area contributed by atoms with Crippen LogP contribution in [0.4, 0.5) is 10.9 Å². The summed E-state index contributed by atoms with van der Waals surface area (Å²) in [5.41, 5.74) is 7.41. The Balaban J connectivity index is 1.59. The molecule has 1 amide bonds. The van der Waals surface area contributed by atoms with Gasteiger partial charge in [0.25, 0.3) is 0 Å². The van der Waals surface area contributed by atoms with E-state index < -0.39 is 5.97 Å². The lowest BCUT2D eigenvalue weighted by molar-refractivity contribution is -0.113. The summed E-state index contributed by atoms with van der Waals surface area (Å²) in [6.07, 6.45) is 1.29. The Bertz CT molecular complexity index is 1120. The monoisotopic (exact) mass is 475 g/mol. The molecule has 1 aromatic carbocycles. The third-order valence-electron chi connectivity index (χ3n) is 4.05. The Labute approximate surface area is 192 Å². The standard InChI is InChI=1S/C20H21N5O5S2/c1-4-30-18(27)12-8-22-19(25-17(12)21)32-10-16(26)24-20-23-13(9-31-20)11-5-6-14(28-2)15(7-11)29-3/h5-9H,4,10H2,1-3H3,(H2,21,22,25)(H,23,24,26). The maximum Gasteiger partial charge on any atom is 0.343 e. The van der Waals surface area contributed by atoms with E-state index in [0.717, 1.165) is 17.3 Å². The largest absolute Gasteiger partial charge is 0.493 e. The number of rotatable bonds is 9. The average molecular weight is 476 g/mol. The molecule has 0 bridgehead atoms. The molecule has 2 heterocycles. The van der Waals surface area contributed by atoms with E-state index in [-0.39, 0.29) is 34.8 Å². The summed E-state index contributed by atoms with van der Waals surface area (Å²) >= 11 is 2.39. The van der Waals surface area contributed by atoms with Gasteiger partial charge in [-0.05, 0) is 25.1 Å². The molecule has 12 heteroatoms. The van der Waals surface area contributed by atoms with Crippen molar-refractivity contribution in [3.8, 4) is 22.8 Å². The minimum atomic E-state index is -0.589. The predicted octanol–water partition coefficient (Wildman–Crippen LogP) is 3.11. The molecule has 3 rings (SSSR count). The highest BCUT2D eigenvalue weighted by Gasteiger charge is 2.15. The molecule has 0 atom stereocenters. The van der Waals surface area contributed by atoms with Crippen molar-refractivity contribution in [2.75, 3.05) is 37.6 Å². The van der Waals surface area contributed by atoms with E-state index in [4.69, 9.17) is 19.9 Å². The number of carbonyl (C=O) groups is 2. The Hall–Kier alpha value is -3.38. The van der Waals surface area contributed by atoms with Crippen LogP contribution in [-0.4, -0.2) is 53.4 Å². The Kier molecular flexibility index (Phi) is 7.84. The number of amides is 1. The number of thioether (sulfide) groups is 1. The average Bonchev–Trinajstić information content (AvgIpc) is 3.25. The van der Waals surface area contributed by atoms with E-state index in [0.29, 0.717) is 22.3 Å². The molecule has 10 nitrogen and oxygen atoms in total. The number of methoxy groups -OCH3 is 2. The van der Waals surface area contributed by atoms with E-state index in [2.05, 4.69) is 20.3 Å². The zero-order valence-electron chi connectivity index (χ0n) is 17.6. The van der Waals surface area contributed by atoms with Crippen LogP contribution in [0.25, 0.3) is 11.3 Å². The minimum absolute atomic E-state index is 0.000781. The lowest BCUT2D eigenvalue weighted by atomic mass is 10.1. The molecule has 0 spiro atoms. The maximum atomic E-state index is 12.3. The molecule has 2 aromatic heterocycles. The summed E-state index contributed by atoms with van der Waals surface area (Å²) in [5, 5.41) is 5.31. The number of esters is 1. The highest BCUT2D eigenvalue weighted by molar-refractivity contribution is 7.99. The number of nitrogen functional groups attached to an aromatic ring is 1. The molecule has 3 aromatic rings. The fourth-order valence-electron chi connectivity index (χ4n) is 2.56. The first-order valence-corrected chi connectivity index (χ1v) is 11.2. The molecule has 3 N–H and O–H groups in total. The van der Waals surface area contributed by atoms with Crippen LogP contribution in [0.5, 0.6) is 11.5 Å². The lowest BCUT2D eigenvalue weighted by Crippen LogP contribution is -2.15. The maximum absolute atomic E-state index is 12.3. The van der Waals surface area contributed by atoms with Crippen LogP contribution in [0.15, 0.2) is 34.9 Å². The molecule has 0 aliphatic carbocycles. The van der Waals surface area contributed by atoms with Crippen molar-refractivity contribution in [3.63, 3.8) is 0 Å². The summed E-state index contributed by atoms with van der Waals surface area (Å²) < 4.78 is 15.4. The third-order valence-corrected chi connectivity index (χ3v) is 5.67. The summed E-state index contributed by atoms with van der Waals surface area (Å²) in [7, 11) is 3.13. The van der Waals surface area contributed by atoms with Crippen LogP contribution in [0.1, 0.15) is 17.3 Å². The molecule has 0 aliphatic rings. The summed E-state index contributed by atoms with van der Waals surface area (Å²) in [4.78, 5) is 36.6. The molecule has 0 fully saturated rings. The second-order valence-corrected chi connectivity index (χ2v) is 7.92. The topological polar surface area (TPSA) is 139 Å². The molecular formula is C20H21N5O5S2. The fourth-order valence-corrected chi connectivity index (χ4v) is 3.92. The molecule has 0 aliphatic heterocycles. The molecule has 0 saturated carbocycles. The fraction of sp³-hybridized carbons (Fsp3) is 0.250. The highest BCUT2D eigenvalue weighted by atomic mass is 32.2. The van der Waals surface area contributed by atoms with Crippen molar-refractivity contribution in [1.29, 1.82) is 0 Å². The van der Waals surface area contributed by atoms with Gasteiger partial charge < -0.3 is 25.3 Å². The normalized spacial score (nSPS) is 10.5. The number of benzene rings is 1. The van der Waals surface area contributed by atoms with Crippen molar-refractivity contribution >= 4 is 45.9 Å². The van der Waals surface area contributed by atoms with Gasteiger partial charge in [-0.3, -0.25) is 4.79 Å². The number of nitrogens with one attached hydrogen (secondary N) is 1. The van der Waals surface area contributed by atoms with Crippen LogP contribution in [0, 0.1) is 0 Å². The van der Waals surface area contributed by atoms with E-state index in [9.17, 15) is 9.59 Å². The van der Waals surface area contributed by atoms with Crippen molar-refractivity contribution in [2.45, 2.75) is 12.1 Å². The smallest absolute Gasteiger partial charge is 0.343 e. The number of anilines is 2. The summed E-state index contributed by atoms with van der Waals surface area (Å²) in [5.74, 6) is 0.390. The van der Waals surface area contributed by atoms with E-state index in [1.165, 1.54) is 17.5 Å². The van der Waals surface area contributed by atoms with Gasteiger partial charge in [0.2, 0.25) is 5.91 Å². The van der Waals surface area contributed by atoms with Gasteiger partial charge in [-0.2, -0.15) is 0 Å². The highest BCUT2D eigenvalue weighted by Crippen LogP contribution is 2.33. The number of ether oxygens (including phenoxy) is 3. The zero-order chi connectivity index (χ0) is 23.1. The zero-order valence-corrected chi connectivity index (χ0v) is 19.2. The SMILES string of the molecule is CCOC(=O)c1cnc(SCC(=O)Nc2nc(-c3ccc(OC)c(OC)c3)cs2)nc1N. The Morgan fingerprint density at radius 1 is 1.19 bits per heavy atom. The second kappa shape index (κ2) is 10.8. The van der Waals surface area contributed by atoms with Crippen molar-refractivity contribution in [3.05, 3.63) is 35.3 Å². The number of thiazole rings is 1. The molecule has 32 heavy (non-hydrogen) atoms. The van der Waals surface area contributed by atoms with Crippen molar-refractivity contribution in [1.82, 2.24) is 15.0 Å². The Morgan fingerprint density at radius 2 is 1.97 bits per heavy atom. The Morgan fingerprint density at radius 3 is 2.66 bits per heavy atom. The van der Waals surface area contributed by atoms with E-state index >= 15 is 0 Å². The quantitative estimate of drug-likeness (QED) is 0.270. The van der Waals surface area contributed by atoms with Gasteiger partial charge in [-0.25, -0.2) is 19.7 Å². The number of carbonyl (C=O) groups excluding carboxylic acids is 2. The van der Waals surface area contributed by atoms with Gasteiger partial charge in [0.15, 0.2) is 21.8 Å². The first kappa shape index (κ1) is 23.3. The van der Waals surface area contributed by atoms with Crippen molar-refractivity contribution < 1.29 is 23.8 Å². The molecule has 0 unspecified atom stereocenters. The summed E-state index contributed by atoms with van der Waals surface area (Å²) in [6.45, 7) is 1.91. The van der Waals surface area contributed by atoms with Gasteiger partial charge in [0.05, 0.1) is 32.3 Å². The van der Waals surface area contributed by atoms with E-state index in [1.54, 1.807) is 27.2 Å². The predicted molar refractivity (Wildman–Crippen MR) is 122 cm³/mol.